The number of phenols is 1. The van der Waals surface area contributed by atoms with Crippen molar-refractivity contribution in [1.82, 2.24) is 0 Å². The molecule has 2 aliphatic rings. The molecule has 2 fully saturated rings. The molecule has 0 spiro atoms. The highest BCUT2D eigenvalue weighted by Gasteiger charge is 2.50. The number of aromatic hydroxyl groups is 1. The first kappa shape index (κ1) is 30.1. The van der Waals surface area contributed by atoms with Gasteiger partial charge < -0.3 is 69.0 Å². The third kappa shape index (κ3) is 5.67. The van der Waals surface area contributed by atoms with Crippen molar-refractivity contribution >= 4 is 11.0 Å². The predicted octanol–water partition coefficient (Wildman–Crippen LogP) is -1.87. The Balaban J connectivity index is 1.39. The Morgan fingerprint density at radius 2 is 1.38 bits per heavy atom. The van der Waals surface area contributed by atoms with Gasteiger partial charge in [0.05, 0.1) is 13.7 Å². The standard InChI is InChI=1S/C27H30O15/c1-37-11-4-2-10(3-5-11)15-8-14(30)18-13(29)6-12(7-16(18)39-15)38-25-23(35)21(33)24(36)27(41-25)42-26-22(34)20(32)19(31)17(9-28)40-26/h2-8,17,19-29,31-36H,9H2,1H3/t17-,19-,20+,21+,22-,23-,24-,25+,26+,27+/m1/s1. The van der Waals surface area contributed by atoms with Gasteiger partial charge >= 0.3 is 0 Å². The number of ether oxygens (including phenoxy) is 5. The van der Waals surface area contributed by atoms with Crippen LogP contribution >= 0.6 is 0 Å². The van der Waals surface area contributed by atoms with Crippen molar-refractivity contribution < 1.29 is 69.0 Å². The predicted molar refractivity (Wildman–Crippen MR) is 138 cm³/mol. The van der Waals surface area contributed by atoms with Gasteiger partial charge in [0.2, 0.25) is 6.29 Å². The van der Waals surface area contributed by atoms with Gasteiger partial charge in [-0.3, -0.25) is 4.79 Å². The van der Waals surface area contributed by atoms with Crippen molar-refractivity contribution in [1.29, 1.82) is 0 Å². The van der Waals surface area contributed by atoms with Crippen LogP contribution in [-0.2, 0) is 14.2 Å². The SMILES string of the molecule is COc1ccc(-c2cc(=O)c3c(O)cc(O[C@H]4O[C@@H](O[C@@H]5O[C@H](CO)[C@@H](O)[C@H](O)[C@H]5O)[C@H](O)[C@@H](O)[C@H]4O)cc3o2)cc1. The molecule has 15 nitrogen and oxygen atoms in total. The normalized spacial score (nSPS) is 33.4. The summed E-state index contributed by atoms with van der Waals surface area (Å²) in [5.74, 6) is 0.0707. The fraction of sp³-hybridized carbons (Fsp3) is 0.444. The Kier molecular flexibility index (Phi) is 8.68. The van der Waals surface area contributed by atoms with Crippen LogP contribution in [0.25, 0.3) is 22.3 Å². The molecule has 1 aromatic heterocycles. The van der Waals surface area contributed by atoms with Crippen LogP contribution in [0, 0.1) is 0 Å². The number of hydrogen-bond donors (Lipinski definition) is 8. The third-order valence-electron chi connectivity index (χ3n) is 7.05. The Labute approximate surface area is 236 Å². The number of methoxy groups -OCH3 is 1. The summed E-state index contributed by atoms with van der Waals surface area (Å²) in [4.78, 5) is 12.8. The Bertz CT molecular complexity index is 1440. The van der Waals surface area contributed by atoms with E-state index in [9.17, 15) is 45.6 Å². The van der Waals surface area contributed by atoms with E-state index in [1.807, 2.05) is 0 Å². The second-order valence-corrected chi connectivity index (χ2v) is 9.81. The molecule has 2 aromatic carbocycles. The lowest BCUT2D eigenvalue weighted by molar-refractivity contribution is -0.390. The fourth-order valence-electron chi connectivity index (χ4n) is 4.68. The summed E-state index contributed by atoms with van der Waals surface area (Å²) in [7, 11) is 1.51. The molecule has 2 saturated heterocycles. The first-order valence-corrected chi connectivity index (χ1v) is 12.8. The molecule has 0 unspecified atom stereocenters. The van der Waals surface area contributed by atoms with Gasteiger partial charge in [0.15, 0.2) is 18.0 Å². The van der Waals surface area contributed by atoms with Crippen molar-refractivity contribution in [2.24, 2.45) is 0 Å². The summed E-state index contributed by atoms with van der Waals surface area (Å²) in [6, 6.07) is 10.2. The van der Waals surface area contributed by atoms with E-state index < -0.39 is 79.4 Å². The number of rotatable bonds is 7. The first-order chi connectivity index (χ1) is 20.0. The van der Waals surface area contributed by atoms with Crippen LogP contribution in [0.3, 0.4) is 0 Å². The molecule has 0 amide bonds. The van der Waals surface area contributed by atoms with Crippen LogP contribution in [0.4, 0.5) is 0 Å². The van der Waals surface area contributed by atoms with Crippen molar-refractivity contribution in [2.45, 2.75) is 61.6 Å². The largest absolute Gasteiger partial charge is 0.507 e. The summed E-state index contributed by atoms with van der Waals surface area (Å²) < 4.78 is 32.7. The molecule has 0 saturated carbocycles. The first-order valence-electron chi connectivity index (χ1n) is 12.8. The number of aliphatic hydroxyl groups is 7. The number of phenolic OH excluding ortho intramolecular Hbond substituents is 1. The van der Waals surface area contributed by atoms with E-state index in [-0.39, 0.29) is 22.5 Å². The number of hydrogen-bond acceptors (Lipinski definition) is 15. The maximum absolute atomic E-state index is 12.8. The third-order valence-corrected chi connectivity index (χ3v) is 7.05. The van der Waals surface area contributed by atoms with Crippen molar-refractivity contribution in [3.8, 4) is 28.6 Å². The Morgan fingerprint density at radius 1 is 0.762 bits per heavy atom. The second-order valence-electron chi connectivity index (χ2n) is 9.81. The highest BCUT2D eigenvalue weighted by molar-refractivity contribution is 5.86. The average Bonchev–Trinajstić information content (AvgIpc) is 2.98. The summed E-state index contributed by atoms with van der Waals surface area (Å²) in [5.41, 5.74) is -0.0909. The smallest absolute Gasteiger partial charge is 0.231 e. The van der Waals surface area contributed by atoms with Gasteiger partial charge in [-0.2, -0.15) is 0 Å². The maximum atomic E-state index is 12.8. The topological polar surface area (TPSA) is 238 Å². The van der Waals surface area contributed by atoms with E-state index in [1.165, 1.54) is 19.2 Å². The summed E-state index contributed by atoms with van der Waals surface area (Å²) in [6.07, 6.45) is -17.6. The molecular weight excluding hydrogens is 564 g/mol. The van der Waals surface area contributed by atoms with Crippen LogP contribution in [-0.4, -0.2) is 116 Å². The maximum Gasteiger partial charge on any atom is 0.231 e. The van der Waals surface area contributed by atoms with Gasteiger partial charge in [-0.15, -0.1) is 0 Å². The van der Waals surface area contributed by atoms with Gasteiger partial charge in [0.25, 0.3) is 0 Å². The van der Waals surface area contributed by atoms with Crippen LogP contribution in [0.1, 0.15) is 0 Å². The average molecular weight is 595 g/mol. The molecule has 0 bridgehead atoms. The van der Waals surface area contributed by atoms with Crippen molar-refractivity contribution in [2.75, 3.05) is 13.7 Å². The fourth-order valence-corrected chi connectivity index (χ4v) is 4.68. The zero-order valence-corrected chi connectivity index (χ0v) is 22.0. The summed E-state index contributed by atoms with van der Waals surface area (Å²) >= 11 is 0. The van der Waals surface area contributed by atoms with Crippen LogP contribution in [0.5, 0.6) is 17.2 Å². The van der Waals surface area contributed by atoms with Crippen molar-refractivity contribution in [3.05, 3.63) is 52.7 Å². The Hall–Kier alpha value is -3.35. The van der Waals surface area contributed by atoms with Crippen LogP contribution in [0.2, 0.25) is 0 Å². The molecule has 10 atom stereocenters. The molecule has 0 radical (unpaired) electrons. The quantitative estimate of drug-likeness (QED) is 0.150. The zero-order valence-electron chi connectivity index (χ0n) is 22.0. The molecule has 228 valence electrons. The monoisotopic (exact) mass is 594 g/mol. The van der Waals surface area contributed by atoms with Crippen LogP contribution in [0.15, 0.2) is 51.7 Å². The van der Waals surface area contributed by atoms with Gasteiger partial charge in [0, 0.05) is 23.8 Å². The molecule has 3 heterocycles. The number of benzene rings is 2. The molecule has 8 N–H and O–H groups in total. The minimum atomic E-state index is -1.91. The van der Waals surface area contributed by atoms with Gasteiger partial charge in [-0.25, -0.2) is 0 Å². The van der Waals surface area contributed by atoms with Crippen molar-refractivity contribution in [3.63, 3.8) is 0 Å². The minimum Gasteiger partial charge on any atom is -0.507 e. The lowest BCUT2D eigenvalue weighted by Crippen LogP contribution is -2.64. The molecule has 42 heavy (non-hydrogen) atoms. The van der Waals surface area contributed by atoms with E-state index in [2.05, 4.69) is 0 Å². The highest BCUT2D eigenvalue weighted by atomic mass is 16.8. The number of aliphatic hydroxyl groups excluding tert-OH is 7. The van der Waals surface area contributed by atoms with Crippen LogP contribution < -0.4 is 14.9 Å². The van der Waals surface area contributed by atoms with E-state index in [0.717, 1.165) is 6.07 Å². The van der Waals surface area contributed by atoms with Gasteiger partial charge in [-0.05, 0) is 24.3 Å². The van der Waals surface area contributed by atoms with E-state index in [1.54, 1.807) is 24.3 Å². The molecule has 15 heteroatoms. The molecule has 2 aliphatic heterocycles. The highest BCUT2D eigenvalue weighted by Crippen LogP contribution is 2.34. The van der Waals surface area contributed by atoms with E-state index >= 15 is 0 Å². The molecular formula is C27H30O15. The minimum absolute atomic E-state index is 0.0803. The lowest BCUT2D eigenvalue weighted by Gasteiger charge is -2.44. The van der Waals surface area contributed by atoms with E-state index in [4.69, 9.17) is 28.1 Å². The molecule has 3 aromatic rings. The number of fused-ring (bicyclic) bond motifs is 1. The molecule has 5 rings (SSSR count). The summed E-state index contributed by atoms with van der Waals surface area (Å²) in [6.45, 7) is -0.742. The molecule has 0 aliphatic carbocycles. The summed E-state index contributed by atoms with van der Waals surface area (Å²) in [5, 5.41) is 81.4. The van der Waals surface area contributed by atoms with E-state index in [0.29, 0.717) is 11.3 Å². The zero-order chi connectivity index (χ0) is 30.3. The van der Waals surface area contributed by atoms with Gasteiger partial charge in [-0.1, -0.05) is 0 Å². The lowest BCUT2D eigenvalue weighted by atomic mass is 9.99. The van der Waals surface area contributed by atoms with Gasteiger partial charge in [0.1, 0.15) is 76.7 Å². The second kappa shape index (κ2) is 12.1. The Morgan fingerprint density at radius 3 is 2.02 bits per heavy atom.